The summed E-state index contributed by atoms with van der Waals surface area (Å²) in [5.41, 5.74) is 1.12. The molecular weight excluding hydrogens is 425 g/mol. The zero-order chi connectivity index (χ0) is 21.3. The highest BCUT2D eigenvalue weighted by atomic mass is 35.5. The van der Waals surface area contributed by atoms with E-state index >= 15 is 0 Å². The van der Waals surface area contributed by atoms with Crippen LogP contribution in [0.1, 0.15) is 16.8 Å². The van der Waals surface area contributed by atoms with Crippen molar-refractivity contribution in [1.29, 1.82) is 0 Å². The lowest BCUT2D eigenvalue weighted by atomic mass is 10.1. The number of hydrogen-bond acceptors (Lipinski definition) is 4. The molecule has 0 saturated carbocycles. The Morgan fingerprint density at radius 3 is 2.30 bits per heavy atom. The normalized spacial score (nSPS) is 16.1. The van der Waals surface area contributed by atoms with Gasteiger partial charge in [-0.2, -0.15) is 0 Å². The second-order valence-corrected chi connectivity index (χ2v) is 7.53. The van der Waals surface area contributed by atoms with E-state index in [1.54, 1.807) is 54.6 Å². The third-order valence-corrected chi connectivity index (χ3v) is 5.20. The number of benzene rings is 2. The van der Waals surface area contributed by atoms with Crippen LogP contribution in [0.5, 0.6) is 0 Å². The largest absolute Gasteiger partial charge is 0.295 e. The van der Waals surface area contributed by atoms with Crippen LogP contribution < -0.4 is 9.80 Å². The summed E-state index contributed by atoms with van der Waals surface area (Å²) >= 11 is 12.2. The van der Waals surface area contributed by atoms with Crippen LogP contribution >= 0.6 is 23.2 Å². The molecule has 0 spiro atoms. The lowest BCUT2D eigenvalue weighted by Gasteiger charge is -2.28. The lowest BCUT2D eigenvalue weighted by molar-refractivity contribution is -0.121. The summed E-state index contributed by atoms with van der Waals surface area (Å²) in [6.45, 7) is 0. The SMILES string of the molecule is O=C1C[C@H](N(C(=O)c2ccncc2)c2cccc(Cl)c2)C(=O)N1c1cccc(Cl)c1. The van der Waals surface area contributed by atoms with Crippen LogP contribution in [-0.2, 0) is 9.59 Å². The predicted molar refractivity (Wildman–Crippen MR) is 115 cm³/mol. The van der Waals surface area contributed by atoms with Gasteiger partial charge in [0.1, 0.15) is 6.04 Å². The van der Waals surface area contributed by atoms with E-state index in [9.17, 15) is 14.4 Å². The number of rotatable bonds is 4. The Labute approximate surface area is 182 Å². The van der Waals surface area contributed by atoms with E-state index in [1.165, 1.54) is 23.4 Å². The first-order chi connectivity index (χ1) is 14.5. The molecule has 150 valence electrons. The Morgan fingerprint density at radius 1 is 0.967 bits per heavy atom. The maximum Gasteiger partial charge on any atom is 0.259 e. The van der Waals surface area contributed by atoms with Crippen LogP contribution in [0.4, 0.5) is 11.4 Å². The Hall–Kier alpha value is -3.22. The zero-order valence-corrected chi connectivity index (χ0v) is 17.0. The van der Waals surface area contributed by atoms with Crippen molar-refractivity contribution in [1.82, 2.24) is 4.98 Å². The van der Waals surface area contributed by atoms with Crippen LogP contribution in [0.2, 0.25) is 10.0 Å². The molecule has 1 saturated heterocycles. The molecule has 1 aliphatic heterocycles. The average Bonchev–Trinajstić information content (AvgIpc) is 3.02. The Bertz CT molecular complexity index is 1140. The maximum absolute atomic E-state index is 13.3. The number of anilines is 2. The second kappa shape index (κ2) is 8.26. The zero-order valence-electron chi connectivity index (χ0n) is 15.5. The van der Waals surface area contributed by atoms with E-state index in [0.29, 0.717) is 27.0 Å². The van der Waals surface area contributed by atoms with E-state index in [1.807, 2.05) is 0 Å². The summed E-state index contributed by atoms with van der Waals surface area (Å²) in [4.78, 5) is 45.7. The van der Waals surface area contributed by atoms with Gasteiger partial charge in [-0.25, -0.2) is 4.90 Å². The van der Waals surface area contributed by atoms with Gasteiger partial charge in [-0.15, -0.1) is 0 Å². The molecule has 1 aliphatic rings. The van der Waals surface area contributed by atoms with Crippen molar-refractivity contribution < 1.29 is 14.4 Å². The van der Waals surface area contributed by atoms with Crippen molar-refractivity contribution in [3.05, 3.63) is 88.7 Å². The Morgan fingerprint density at radius 2 is 1.63 bits per heavy atom. The number of carbonyl (C=O) groups is 3. The number of carbonyl (C=O) groups excluding carboxylic acids is 3. The quantitative estimate of drug-likeness (QED) is 0.565. The van der Waals surface area contributed by atoms with Gasteiger partial charge in [-0.05, 0) is 48.5 Å². The first kappa shape index (κ1) is 20.1. The number of halogens is 2. The first-order valence-corrected chi connectivity index (χ1v) is 9.83. The number of imide groups is 1. The molecule has 0 N–H and O–H groups in total. The monoisotopic (exact) mass is 439 g/mol. The summed E-state index contributed by atoms with van der Waals surface area (Å²) in [5, 5.41) is 0.805. The van der Waals surface area contributed by atoms with Gasteiger partial charge >= 0.3 is 0 Å². The van der Waals surface area contributed by atoms with Gasteiger partial charge in [-0.1, -0.05) is 35.3 Å². The van der Waals surface area contributed by atoms with Crippen molar-refractivity contribution >= 4 is 52.3 Å². The highest BCUT2D eigenvalue weighted by Gasteiger charge is 2.45. The standard InChI is InChI=1S/C22H15Cl2N3O3/c23-15-3-1-5-17(11-15)26(21(29)14-7-9-25-10-8-14)19-13-20(28)27(22(19)30)18-6-2-4-16(24)12-18/h1-12,19H,13H2/t19-/m0/s1. The minimum Gasteiger partial charge on any atom is -0.295 e. The van der Waals surface area contributed by atoms with Gasteiger partial charge in [0.05, 0.1) is 12.1 Å². The molecule has 0 aliphatic carbocycles. The molecule has 3 aromatic rings. The predicted octanol–water partition coefficient (Wildman–Crippen LogP) is 4.37. The number of aromatic nitrogens is 1. The van der Waals surface area contributed by atoms with Gasteiger partial charge in [0.2, 0.25) is 5.91 Å². The highest BCUT2D eigenvalue weighted by Crippen LogP contribution is 2.32. The smallest absolute Gasteiger partial charge is 0.259 e. The summed E-state index contributed by atoms with van der Waals surface area (Å²) in [6.07, 6.45) is 2.82. The fourth-order valence-electron chi connectivity index (χ4n) is 3.40. The number of pyridine rings is 1. The molecule has 3 amide bonds. The average molecular weight is 440 g/mol. The van der Waals surface area contributed by atoms with E-state index in [4.69, 9.17) is 23.2 Å². The van der Waals surface area contributed by atoms with Crippen LogP contribution in [0.3, 0.4) is 0 Å². The van der Waals surface area contributed by atoms with Gasteiger partial charge in [-0.3, -0.25) is 24.3 Å². The fourth-order valence-corrected chi connectivity index (χ4v) is 3.77. The van der Waals surface area contributed by atoms with Gasteiger partial charge in [0, 0.05) is 33.7 Å². The number of hydrogen-bond donors (Lipinski definition) is 0. The molecular formula is C22H15Cl2N3O3. The van der Waals surface area contributed by atoms with Crippen LogP contribution in [0, 0.1) is 0 Å². The summed E-state index contributed by atoms with van der Waals surface area (Å²) in [6, 6.07) is 15.2. The van der Waals surface area contributed by atoms with Crippen molar-refractivity contribution in [2.24, 2.45) is 0 Å². The van der Waals surface area contributed by atoms with Crippen LogP contribution in [0.15, 0.2) is 73.1 Å². The van der Waals surface area contributed by atoms with Crippen molar-refractivity contribution in [2.45, 2.75) is 12.5 Å². The molecule has 1 aromatic heterocycles. The number of nitrogens with zero attached hydrogens (tertiary/aromatic N) is 3. The molecule has 2 heterocycles. The lowest BCUT2D eigenvalue weighted by Crippen LogP contribution is -2.45. The van der Waals surface area contributed by atoms with Crippen LogP contribution in [-0.4, -0.2) is 28.7 Å². The fraction of sp³-hybridized carbons (Fsp3) is 0.0909. The molecule has 0 bridgehead atoms. The Kier molecular flexibility index (Phi) is 5.53. The third kappa shape index (κ3) is 3.79. The molecule has 6 nitrogen and oxygen atoms in total. The summed E-state index contributed by atoms with van der Waals surface area (Å²) in [5.74, 6) is -1.36. The van der Waals surface area contributed by atoms with Crippen molar-refractivity contribution in [3.63, 3.8) is 0 Å². The van der Waals surface area contributed by atoms with E-state index in [-0.39, 0.29) is 6.42 Å². The second-order valence-electron chi connectivity index (χ2n) is 6.66. The maximum atomic E-state index is 13.3. The molecule has 8 heteroatoms. The minimum absolute atomic E-state index is 0.158. The van der Waals surface area contributed by atoms with Crippen molar-refractivity contribution in [2.75, 3.05) is 9.80 Å². The van der Waals surface area contributed by atoms with E-state index in [2.05, 4.69) is 4.98 Å². The number of amides is 3. The molecule has 2 aromatic carbocycles. The molecule has 0 radical (unpaired) electrons. The molecule has 1 fully saturated rings. The molecule has 1 atom stereocenters. The Balaban J connectivity index is 1.77. The van der Waals surface area contributed by atoms with E-state index < -0.39 is 23.8 Å². The van der Waals surface area contributed by atoms with E-state index in [0.717, 1.165) is 4.90 Å². The topological polar surface area (TPSA) is 70.6 Å². The van der Waals surface area contributed by atoms with Gasteiger partial charge < -0.3 is 0 Å². The van der Waals surface area contributed by atoms with Crippen LogP contribution in [0.25, 0.3) is 0 Å². The summed E-state index contributed by atoms with van der Waals surface area (Å²) < 4.78 is 0. The minimum atomic E-state index is -1.02. The molecule has 0 unspecified atom stereocenters. The highest BCUT2D eigenvalue weighted by molar-refractivity contribution is 6.32. The third-order valence-electron chi connectivity index (χ3n) is 4.73. The molecule has 30 heavy (non-hydrogen) atoms. The van der Waals surface area contributed by atoms with Crippen molar-refractivity contribution in [3.8, 4) is 0 Å². The summed E-state index contributed by atoms with van der Waals surface area (Å²) in [7, 11) is 0. The van der Waals surface area contributed by atoms with Gasteiger partial charge in [0.15, 0.2) is 0 Å². The molecule has 4 rings (SSSR count). The first-order valence-electron chi connectivity index (χ1n) is 9.07. The van der Waals surface area contributed by atoms with Gasteiger partial charge in [0.25, 0.3) is 11.8 Å².